The molecule has 0 atom stereocenters. The van der Waals surface area contributed by atoms with Crippen LogP contribution in [0.2, 0.25) is 0 Å². The standard InChI is InChI=1S/C16H29N3/c1-2-3-4-5-11-18-12-6-13-19-14-15-7-9-16(17)10-8-15/h7-10,18-19H,2-6,11-14,17H2,1H3. The van der Waals surface area contributed by atoms with Crippen molar-refractivity contribution < 1.29 is 0 Å². The average molecular weight is 263 g/mol. The van der Waals surface area contributed by atoms with Crippen molar-refractivity contribution in [3.05, 3.63) is 29.8 Å². The minimum atomic E-state index is 0.830. The highest BCUT2D eigenvalue weighted by Gasteiger charge is 1.93. The molecule has 0 amide bonds. The molecular formula is C16H29N3. The van der Waals surface area contributed by atoms with E-state index in [1.54, 1.807) is 0 Å². The fourth-order valence-corrected chi connectivity index (χ4v) is 2.01. The molecule has 4 N–H and O–H groups in total. The largest absolute Gasteiger partial charge is 0.399 e. The first-order valence-electron chi connectivity index (χ1n) is 7.58. The van der Waals surface area contributed by atoms with Crippen LogP contribution in [0.3, 0.4) is 0 Å². The van der Waals surface area contributed by atoms with E-state index in [-0.39, 0.29) is 0 Å². The highest BCUT2D eigenvalue weighted by molar-refractivity contribution is 5.39. The minimum absolute atomic E-state index is 0.830. The van der Waals surface area contributed by atoms with Crippen molar-refractivity contribution in [3.8, 4) is 0 Å². The zero-order valence-corrected chi connectivity index (χ0v) is 12.3. The monoisotopic (exact) mass is 263 g/mol. The van der Waals surface area contributed by atoms with Gasteiger partial charge in [-0.25, -0.2) is 0 Å². The van der Waals surface area contributed by atoms with E-state index in [1.165, 1.54) is 37.7 Å². The molecule has 0 aliphatic heterocycles. The lowest BCUT2D eigenvalue weighted by Gasteiger charge is -2.06. The summed E-state index contributed by atoms with van der Waals surface area (Å²) in [6.07, 6.45) is 6.54. The summed E-state index contributed by atoms with van der Waals surface area (Å²) >= 11 is 0. The molecule has 1 aromatic rings. The maximum absolute atomic E-state index is 5.65. The van der Waals surface area contributed by atoms with Gasteiger partial charge >= 0.3 is 0 Å². The topological polar surface area (TPSA) is 50.1 Å². The van der Waals surface area contributed by atoms with Crippen LogP contribution in [0.1, 0.15) is 44.6 Å². The Bertz CT molecular complexity index is 308. The van der Waals surface area contributed by atoms with Gasteiger partial charge in [0.15, 0.2) is 0 Å². The number of benzene rings is 1. The quantitative estimate of drug-likeness (QED) is 0.425. The lowest BCUT2D eigenvalue weighted by Crippen LogP contribution is -2.22. The van der Waals surface area contributed by atoms with E-state index in [0.717, 1.165) is 31.9 Å². The Morgan fingerprint density at radius 2 is 1.53 bits per heavy atom. The number of anilines is 1. The molecule has 1 aromatic carbocycles. The molecule has 0 saturated carbocycles. The number of nitrogens with one attached hydrogen (secondary N) is 2. The van der Waals surface area contributed by atoms with Crippen LogP contribution in [-0.2, 0) is 6.54 Å². The number of hydrogen-bond acceptors (Lipinski definition) is 3. The average Bonchev–Trinajstić information content (AvgIpc) is 2.43. The van der Waals surface area contributed by atoms with Crippen molar-refractivity contribution in [1.82, 2.24) is 10.6 Å². The van der Waals surface area contributed by atoms with E-state index >= 15 is 0 Å². The Morgan fingerprint density at radius 3 is 2.26 bits per heavy atom. The van der Waals surface area contributed by atoms with Crippen LogP contribution in [0.15, 0.2) is 24.3 Å². The lowest BCUT2D eigenvalue weighted by atomic mass is 10.2. The van der Waals surface area contributed by atoms with Crippen molar-refractivity contribution >= 4 is 5.69 Å². The fourth-order valence-electron chi connectivity index (χ4n) is 2.01. The predicted molar refractivity (Wildman–Crippen MR) is 84.2 cm³/mol. The van der Waals surface area contributed by atoms with Crippen molar-refractivity contribution in [2.75, 3.05) is 25.4 Å². The minimum Gasteiger partial charge on any atom is -0.399 e. The first-order valence-corrected chi connectivity index (χ1v) is 7.58. The first-order chi connectivity index (χ1) is 9.33. The van der Waals surface area contributed by atoms with Crippen LogP contribution in [0.25, 0.3) is 0 Å². The molecule has 3 nitrogen and oxygen atoms in total. The SMILES string of the molecule is CCCCCCNCCCNCc1ccc(N)cc1. The zero-order chi connectivity index (χ0) is 13.8. The van der Waals surface area contributed by atoms with Crippen molar-refractivity contribution in [1.29, 1.82) is 0 Å². The Morgan fingerprint density at radius 1 is 0.842 bits per heavy atom. The van der Waals surface area contributed by atoms with Gasteiger partial charge in [0.1, 0.15) is 0 Å². The second-order valence-electron chi connectivity index (χ2n) is 5.08. The van der Waals surface area contributed by atoms with E-state index in [4.69, 9.17) is 5.73 Å². The summed E-state index contributed by atoms with van der Waals surface area (Å²) in [5, 5.41) is 6.95. The highest BCUT2D eigenvalue weighted by Crippen LogP contribution is 2.04. The van der Waals surface area contributed by atoms with Gasteiger partial charge in [-0.2, -0.15) is 0 Å². The van der Waals surface area contributed by atoms with Crippen molar-refractivity contribution in [2.24, 2.45) is 0 Å². The molecule has 0 heterocycles. The molecule has 0 fully saturated rings. The normalized spacial score (nSPS) is 10.8. The fraction of sp³-hybridized carbons (Fsp3) is 0.625. The van der Waals surface area contributed by atoms with Gasteiger partial charge in [-0.05, 0) is 50.2 Å². The summed E-state index contributed by atoms with van der Waals surface area (Å²) in [7, 11) is 0. The van der Waals surface area contributed by atoms with Gasteiger partial charge in [-0.3, -0.25) is 0 Å². The van der Waals surface area contributed by atoms with E-state index in [9.17, 15) is 0 Å². The highest BCUT2D eigenvalue weighted by atomic mass is 14.9. The number of rotatable bonds is 11. The summed E-state index contributed by atoms with van der Waals surface area (Å²) in [6, 6.07) is 8.06. The molecule has 0 aliphatic carbocycles. The molecule has 108 valence electrons. The second kappa shape index (κ2) is 10.8. The number of unbranched alkanes of at least 4 members (excludes halogenated alkanes) is 3. The Kier molecular flexibility index (Phi) is 9.11. The van der Waals surface area contributed by atoms with E-state index in [0.29, 0.717) is 0 Å². The molecular weight excluding hydrogens is 234 g/mol. The Balaban J connectivity index is 1.87. The molecule has 0 unspecified atom stereocenters. The van der Waals surface area contributed by atoms with Crippen LogP contribution in [0, 0.1) is 0 Å². The molecule has 0 aromatic heterocycles. The first kappa shape index (κ1) is 16.0. The van der Waals surface area contributed by atoms with E-state index in [1.807, 2.05) is 12.1 Å². The van der Waals surface area contributed by atoms with Gasteiger partial charge in [0.25, 0.3) is 0 Å². The van der Waals surface area contributed by atoms with Gasteiger partial charge in [0.05, 0.1) is 0 Å². The maximum Gasteiger partial charge on any atom is 0.0314 e. The molecule has 0 bridgehead atoms. The van der Waals surface area contributed by atoms with Gasteiger partial charge < -0.3 is 16.4 Å². The third kappa shape index (κ3) is 8.62. The molecule has 19 heavy (non-hydrogen) atoms. The molecule has 0 radical (unpaired) electrons. The summed E-state index contributed by atoms with van der Waals surface area (Å²) in [6.45, 7) is 6.52. The number of nitrogens with two attached hydrogens (primary N) is 1. The molecule has 1 rings (SSSR count). The van der Waals surface area contributed by atoms with Gasteiger partial charge in [0, 0.05) is 12.2 Å². The predicted octanol–water partition coefficient (Wildman–Crippen LogP) is 2.92. The zero-order valence-electron chi connectivity index (χ0n) is 12.3. The van der Waals surface area contributed by atoms with Crippen LogP contribution >= 0.6 is 0 Å². The van der Waals surface area contributed by atoms with Gasteiger partial charge in [0.2, 0.25) is 0 Å². The number of hydrogen-bond donors (Lipinski definition) is 3. The lowest BCUT2D eigenvalue weighted by molar-refractivity contribution is 0.565. The van der Waals surface area contributed by atoms with Crippen LogP contribution in [-0.4, -0.2) is 19.6 Å². The van der Waals surface area contributed by atoms with E-state index < -0.39 is 0 Å². The molecule has 3 heteroatoms. The van der Waals surface area contributed by atoms with E-state index in [2.05, 4.69) is 29.7 Å². The Labute approximate surface area is 118 Å². The summed E-state index contributed by atoms with van der Waals surface area (Å²) in [5.41, 5.74) is 7.77. The summed E-state index contributed by atoms with van der Waals surface area (Å²) < 4.78 is 0. The van der Waals surface area contributed by atoms with Crippen molar-refractivity contribution in [3.63, 3.8) is 0 Å². The van der Waals surface area contributed by atoms with Gasteiger partial charge in [-0.15, -0.1) is 0 Å². The van der Waals surface area contributed by atoms with Crippen LogP contribution < -0.4 is 16.4 Å². The maximum atomic E-state index is 5.65. The smallest absolute Gasteiger partial charge is 0.0314 e. The van der Waals surface area contributed by atoms with Crippen molar-refractivity contribution in [2.45, 2.75) is 45.6 Å². The van der Waals surface area contributed by atoms with Gasteiger partial charge in [-0.1, -0.05) is 38.3 Å². The molecule has 0 aliphatic rings. The molecule has 0 saturated heterocycles. The molecule has 0 spiro atoms. The third-order valence-corrected chi connectivity index (χ3v) is 3.22. The van der Waals surface area contributed by atoms with Crippen LogP contribution in [0.5, 0.6) is 0 Å². The van der Waals surface area contributed by atoms with Crippen LogP contribution in [0.4, 0.5) is 5.69 Å². The summed E-state index contributed by atoms with van der Waals surface area (Å²) in [4.78, 5) is 0. The second-order valence-corrected chi connectivity index (χ2v) is 5.08. The summed E-state index contributed by atoms with van der Waals surface area (Å²) in [5.74, 6) is 0. The Hall–Kier alpha value is -1.06. The number of nitrogen functional groups attached to an aromatic ring is 1. The third-order valence-electron chi connectivity index (χ3n) is 3.22.